The van der Waals surface area contributed by atoms with Gasteiger partial charge in [-0.1, -0.05) is 77.6 Å². The van der Waals surface area contributed by atoms with Crippen molar-refractivity contribution in [3.8, 4) is 0 Å². The van der Waals surface area contributed by atoms with E-state index in [-0.39, 0.29) is 18.7 Å². The molecule has 0 aliphatic carbocycles. The smallest absolute Gasteiger partial charge is 0.374 e. The van der Waals surface area contributed by atoms with Gasteiger partial charge in [-0.15, -0.1) is 0 Å². The molecular formula is C27H46O6. The van der Waals surface area contributed by atoms with Gasteiger partial charge in [0.25, 0.3) is 0 Å². The lowest BCUT2D eigenvalue weighted by atomic mass is 10.0. The third kappa shape index (κ3) is 12.6. The number of carbonyl (C=O) groups is 1. The summed E-state index contributed by atoms with van der Waals surface area (Å²) >= 11 is 0. The van der Waals surface area contributed by atoms with Crippen LogP contribution in [0.25, 0.3) is 0 Å². The fraction of sp³-hybridized carbons (Fsp3) is 0.815. The van der Waals surface area contributed by atoms with Crippen LogP contribution in [0, 0.1) is 0 Å². The van der Waals surface area contributed by atoms with Gasteiger partial charge in [0.2, 0.25) is 5.76 Å². The van der Waals surface area contributed by atoms with Gasteiger partial charge in [-0.2, -0.15) is 0 Å². The highest BCUT2D eigenvalue weighted by Crippen LogP contribution is 2.23. The molecule has 0 saturated carbocycles. The molecule has 0 amide bonds. The first kappa shape index (κ1) is 27.9. The molecule has 6 nitrogen and oxygen atoms in total. The van der Waals surface area contributed by atoms with Crippen LogP contribution in [0.3, 0.4) is 0 Å². The first-order chi connectivity index (χ1) is 16.2. The van der Waals surface area contributed by atoms with Crippen molar-refractivity contribution in [3.05, 3.63) is 23.7 Å². The van der Waals surface area contributed by atoms with Crippen molar-refractivity contribution in [3.63, 3.8) is 0 Å². The van der Waals surface area contributed by atoms with E-state index in [4.69, 9.17) is 18.6 Å². The second kappa shape index (κ2) is 18.0. The second-order valence-corrected chi connectivity index (χ2v) is 9.20. The number of esters is 1. The van der Waals surface area contributed by atoms with Crippen molar-refractivity contribution in [2.24, 2.45) is 0 Å². The van der Waals surface area contributed by atoms with Crippen molar-refractivity contribution >= 4 is 5.97 Å². The Morgan fingerprint density at radius 1 is 0.970 bits per heavy atom. The van der Waals surface area contributed by atoms with Crippen molar-refractivity contribution in [2.45, 2.75) is 122 Å². The Morgan fingerprint density at radius 2 is 1.67 bits per heavy atom. The van der Waals surface area contributed by atoms with Crippen molar-refractivity contribution in [1.82, 2.24) is 0 Å². The molecule has 0 bridgehead atoms. The molecule has 1 aliphatic heterocycles. The average Bonchev–Trinajstić information content (AvgIpc) is 3.33. The summed E-state index contributed by atoms with van der Waals surface area (Å²) in [7, 11) is 0. The summed E-state index contributed by atoms with van der Waals surface area (Å²) in [6.07, 6.45) is 17.7. The van der Waals surface area contributed by atoms with Crippen LogP contribution < -0.4 is 0 Å². The van der Waals surface area contributed by atoms with Gasteiger partial charge in [0.05, 0.1) is 13.2 Å². The lowest BCUT2D eigenvalue weighted by molar-refractivity contribution is -0.163. The highest BCUT2D eigenvalue weighted by Gasteiger charge is 2.18. The summed E-state index contributed by atoms with van der Waals surface area (Å²) in [5.74, 6) is 0.0726. The maximum absolute atomic E-state index is 12.1. The lowest BCUT2D eigenvalue weighted by Crippen LogP contribution is -2.23. The molecule has 1 N–H and O–H groups in total. The highest BCUT2D eigenvalue weighted by atomic mass is 16.7. The molecule has 1 fully saturated rings. The molecule has 2 heterocycles. The van der Waals surface area contributed by atoms with Gasteiger partial charge in [0.15, 0.2) is 6.29 Å². The normalized spacial score (nSPS) is 17.2. The molecule has 1 aromatic rings. The van der Waals surface area contributed by atoms with Crippen LogP contribution in [0.5, 0.6) is 0 Å². The summed E-state index contributed by atoms with van der Waals surface area (Å²) in [6.45, 7) is 3.77. The van der Waals surface area contributed by atoms with Crippen LogP contribution in [0.1, 0.15) is 132 Å². The number of unbranched alkanes of at least 4 members (excludes halogenated alkanes) is 10. The molecule has 0 spiro atoms. The van der Waals surface area contributed by atoms with E-state index in [1.54, 1.807) is 12.1 Å². The molecule has 0 aromatic carbocycles. The SMILES string of the molecule is CCCCCCCCCCCCCC(O)c1ccc(C(=O)OCCCOC2CCCCO2)o1. The number of ether oxygens (including phenoxy) is 3. The number of furan rings is 1. The van der Waals surface area contributed by atoms with Gasteiger partial charge < -0.3 is 23.7 Å². The van der Waals surface area contributed by atoms with E-state index in [0.29, 0.717) is 25.2 Å². The third-order valence-electron chi connectivity index (χ3n) is 6.20. The minimum Gasteiger partial charge on any atom is -0.460 e. The Morgan fingerprint density at radius 3 is 2.33 bits per heavy atom. The van der Waals surface area contributed by atoms with Gasteiger partial charge in [-0.3, -0.25) is 0 Å². The predicted molar refractivity (Wildman–Crippen MR) is 129 cm³/mol. The van der Waals surface area contributed by atoms with E-state index in [2.05, 4.69) is 6.92 Å². The van der Waals surface area contributed by atoms with E-state index < -0.39 is 12.1 Å². The number of aliphatic hydroxyl groups excluding tert-OH is 1. The van der Waals surface area contributed by atoms with Crippen molar-refractivity contribution < 1.29 is 28.5 Å². The number of hydrogen-bond acceptors (Lipinski definition) is 6. The van der Waals surface area contributed by atoms with Crippen LogP contribution in [0.15, 0.2) is 16.5 Å². The Balaban J connectivity index is 1.47. The summed E-state index contributed by atoms with van der Waals surface area (Å²) < 4.78 is 21.9. The number of carbonyl (C=O) groups excluding carboxylic acids is 1. The Labute approximate surface area is 200 Å². The van der Waals surface area contributed by atoms with Gasteiger partial charge in [-0.25, -0.2) is 4.79 Å². The highest BCUT2D eigenvalue weighted by molar-refractivity contribution is 5.86. The number of hydrogen-bond donors (Lipinski definition) is 1. The zero-order chi connectivity index (χ0) is 23.6. The predicted octanol–water partition coefficient (Wildman–Crippen LogP) is 7.10. The average molecular weight is 467 g/mol. The van der Waals surface area contributed by atoms with E-state index in [0.717, 1.165) is 38.7 Å². The zero-order valence-corrected chi connectivity index (χ0v) is 20.7. The molecule has 0 radical (unpaired) electrons. The molecule has 1 aromatic heterocycles. The zero-order valence-electron chi connectivity index (χ0n) is 20.7. The van der Waals surface area contributed by atoms with Crippen LogP contribution >= 0.6 is 0 Å². The molecule has 190 valence electrons. The maximum atomic E-state index is 12.1. The fourth-order valence-electron chi connectivity index (χ4n) is 4.14. The molecule has 2 atom stereocenters. The number of rotatable bonds is 19. The first-order valence-electron chi connectivity index (χ1n) is 13.4. The van der Waals surface area contributed by atoms with E-state index >= 15 is 0 Å². The van der Waals surface area contributed by atoms with Crippen LogP contribution in [0.4, 0.5) is 0 Å². The summed E-state index contributed by atoms with van der Waals surface area (Å²) in [5, 5.41) is 10.4. The summed E-state index contributed by atoms with van der Waals surface area (Å²) in [4.78, 5) is 12.1. The maximum Gasteiger partial charge on any atom is 0.374 e. The van der Waals surface area contributed by atoms with E-state index in [9.17, 15) is 9.90 Å². The summed E-state index contributed by atoms with van der Waals surface area (Å²) in [6, 6.07) is 3.25. The van der Waals surface area contributed by atoms with Gasteiger partial charge in [-0.05, 0) is 37.8 Å². The fourth-order valence-corrected chi connectivity index (χ4v) is 4.14. The summed E-state index contributed by atoms with van der Waals surface area (Å²) in [5.41, 5.74) is 0. The standard InChI is InChI=1S/C27H46O6/c1-2-3-4-5-6-7-8-9-10-11-12-16-23(28)24-18-19-25(33-24)27(29)32-22-15-21-31-26-17-13-14-20-30-26/h18-19,23,26,28H,2-17,20-22H2,1H3. The van der Waals surface area contributed by atoms with Crippen molar-refractivity contribution in [1.29, 1.82) is 0 Å². The monoisotopic (exact) mass is 466 g/mol. The first-order valence-corrected chi connectivity index (χ1v) is 13.4. The molecule has 2 rings (SSSR count). The van der Waals surface area contributed by atoms with Crippen molar-refractivity contribution in [2.75, 3.05) is 19.8 Å². The van der Waals surface area contributed by atoms with Gasteiger partial charge in [0, 0.05) is 13.0 Å². The molecule has 33 heavy (non-hydrogen) atoms. The van der Waals surface area contributed by atoms with Crippen LogP contribution in [0.2, 0.25) is 0 Å². The molecule has 2 unspecified atom stereocenters. The van der Waals surface area contributed by atoms with Crippen LogP contribution in [-0.4, -0.2) is 37.2 Å². The number of aliphatic hydroxyl groups is 1. The van der Waals surface area contributed by atoms with E-state index in [1.807, 2.05) is 0 Å². The Bertz CT molecular complexity index is 608. The van der Waals surface area contributed by atoms with Gasteiger partial charge >= 0.3 is 5.97 Å². The van der Waals surface area contributed by atoms with Crippen LogP contribution in [-0.2, 0) is 14.2 Å². The minimum absolute atomic E-state index is 0.121. The third-order valence-corrected chi connectivity index (χ3v) is 6.20. The molecule has 1 saturated heterocycles. The molecular weight excluding hydrogens is 420 g/mol. The minimum atomic E-state index is -0.672. The molecule has 1 aliphatic rings. The van der Waals surface area contributed by atoms with Gasteiger partial charge in [0.1, 0.15) is 11.9 Å². The Hall–Kier alpha value is -1.37. The topological polar surface area (TPSA) is 78.1 Å². The Kier molecular flexibility index (Phi) is 15.2. The largest absolute Gasteiger partial charge is 0.460 e. The lowest BCUT2D eigenvalue weighted by Gasteiger charge is -2.22. The van der Waals surface area contributed by atoms with E-state index in [1.165, 1.54) is 57.8 Å². The molecule has 6 heteroatoms. The quantitative estimate of drug-likeness (QED) is 0.173. The second-order valence-electron chi connectivity index (χ2n) is 9.20.